The maximum atomic E-state index is 12.6. The van der Waals surface area contributed by atoms with E-state index in [-0.39, 0.29) is 17.8 Å². The van der Waals surface area contributed by atoms with Gasteiger partial charge in [-0.05, 0) is 53.8 Å². The van der Waals surface area contributed by atoms with E-state index in [1.807, 2.05) is 66.7 Å². The fraction of sp³-hybridized carbons (Fsp3) is 0.321. The largest absolute Gasteiger partial charge is 0.493 e. The van der Waals surface area contributed by atoms with Crippen LogP contribution in [0.3, 0.4) is 0 Å². The normalized spacial score (nSPS) is 17.6. The van der Waals surface area contributed by atoms with Crippen LogP contribution in [0.4, 0.5) is 0 Å². The third kappa shape index (κ3) is 5.45. The van der Waals surface area contributed by atoms with Crippen molar-refractivity contribution >= 4 is 5.97 Å². The molecule has 0 aliphatic carbocycles. The van der Waals surface area contributed by atoms with E-state index in [1.54, 1.807) is 21.3 Å². The fourth-order valence-electron chi connectivity index (χ4n) is 4.29. The predicted octanol–water partition coefficient (Wildman–Crippen LogP) is 5.18. The lowest BCUT2D eigenvalue weighted by molar-refractivity contribution is -0.154. The van der Waals surface area contributed by atoms with Crippen LogP contribution >= 0.6 is 0 Å². The Balaban J connectivity index is 1.45. The van der Waals surface area contributed by atoms with Gasteiger partial charge < -0.3 is 23.7 Å². The minimum atomic E-state index is -0.243. The van der Waals surface area contributed by atoms with Crippen LogP contribution in [-0.4, -0.2) is 33.9 Å². The number of rotatable bonds is 9. The van der Waals surface area contributed by atoms with Crippen LogP contribution in [0.1, 0.15) is 29.0 Å². The Kier molecular flexibility index (Phi) is 7.58. The van der Waals surface area contributed by atoms with E-state index in [1.165, 1.54) is 0 Å². The second kappa shape index (κ2) is 11.0. The van der Waals surface area contributed by atoms with Crippen molar-refractivity contribution < 1.29 is 28.5 Å². The van der Waals surface area contributed by atoms with Crippen LogP contribution < -0.4 is 18.9 Å². The van der Waals surface area contributed by atoms with Gasteiger partial charge in [-0.15, -0.1) is 0 Å². The van der Waals surface area contributed by atoms with E-state index in [9.17, 15) is 4.79 Å². The highest BCUT2D eigenvalue weighted by Gasteiger charge is 2.32. The van der Waals surface area contributed by atoms with Crippen molar-refractivity contribution in [3.8, 4) is 23.0 Å². The van der Waals surface area contributed by atoms with Gasteiger partial charge in [0.05, 0.1) is 33.9 Å². The summed E-state index contributed by atoms with van der Waals surface area (Å²) in [4.78, 5) is 12.6. The minimum Gasteiger partial charge on any atom is -0.493 e. The van der Waals surface area contributed by atoms with Crippen molar-refractivity contribution in [2.45, 2.75) is 25.4 Å². The Hall–Kier alpha value is -3.67. The smallest absolute Gasteiger partial charge is 0.309 e. The van der Waals surface area contributed by atoms with Gasteiger partial charge in [-0.3, -0.25) is 4.79 Å². The second-order valence-electron chi connectivity index (χ2n) is 8.34. The fourth-order valence-corrected chi connectivity index (χ4v) is 4.29. The number of carbonyl (C=O) groups excluding carboxylic acids is 1. The number of methoxy groups -OCH3 is 3. The molecule has 0 N–H and O–H groups in total. The molecule has 1 aliphatic rings. The Morgan fingerprint density at radius 2 is 1.50 bits per heavy atom. The molecule has 1 saturated heterocycles. The molecule has 0 bridgehead atoms. The third-order valence-electron chi connectivity index (χ3n) is 6.16. The summed E-state index contributed by atoms with van der Waals surface area (Å²) in [5.74, 6) is 2.35. The van der Waals surface area contributed by atoms with Gasteiger partial charge in [-0.1, -0.05) is 42.5 Å². The summed E-state index contributed by atoms with van der Waals surface area (Å²) >= 11 is 0. The lowest BCUT2D eigenvalue weighted by Gasteiger charge is -2.29. The molecule has 34 heavy (non-hydrogen) atoms. The summed E-state index contributed by atoms with van der Waals surface area (Å²) < 4.78 is 27.9. The number of esters is 1. The molecular weight excluding hydrogens is 432 g/mol. The first-order valence-corrected chi connectivity index (χ1v) is 11.3. The first-order chi connectivity index (χ1) is 16.6. The van der Waals surface area contributed by atoms with E-state index < -0.39 is 0 Å². The summed E-state index contributed by atoms with van der Waals surface area (Å²) in [6.45, 7) is 0.818. The number of ether oxygens (including phenoxy) is 5. The van der Waals surface area contributed by atoms with Crippen LogP contribution in [0, 0.1) is 5.92 Å². The Morgan fingerprint density at radius 1 is 0.794 bits per heavy atom. The van der Waals surface area contributed by atoms with Gasteiger partial charge in [0, 0.05) is 5.92 Å². The third-order valence-corrected chi connectivity index (χ3v) is 6.16. The van der Waals surface area contributed by atoms with Crippen molar-refractivity contribution in [2.75, 3.05) is 27.9 Å². The first kappa shape index (κ1) is 23.5. The summed E-state index contributed by atoms with van der Waals surface area (Å²) in [7, 11) is 4.85. The lowest BCUT2D eigenvalue weighted by Crippen LogP contribution is -2.30. The molecule has 1 aliphatic heterocycles. The van der Waals surface area contributed by atoms with Crippen LogP contribution in [0.2, 0.25) is 0 Å². The SMILES string of the molecule is COc1ccc([C@H]2COC(=O)[C@@H](Cc3ccc(OCc4ccccc4)c(OC)c3)C2)cc1OC. The molecule has 178 valence electrons. The average Bonchev–Trinajstić information content (AvgIpc) is 2.89. The van der Waals surface area contributed by atoms with Gasteiger partial charge >= 0.3 is 5.97 Å². The Morgan fingerprint density at radius 3 is 2.24 bits per heavy atom. The molecule has 1 fully saturated rings. The highest BCUT2D eigenvalue weighted by molar-refractivity contribution is 5.74. The molecule has 6 nitrogen and oxygen atoms in total. The zero-order chi connectivity index (χ0) is 23.9. The van der Waals surface area contributed by atoms with Gasteiger partial charge in [0.25, 0.3) is 0 Å². The van der Waals surface area contributed by atoms with Crippen LogP contribution in [0.15, 0.2) is 66.7 Å². The molecule has 0 radical (unpaired) electrons. The van der Waals surface area contributed by atoms with Crippen molar-refractivity contribution in [1.82, 2.24) is 0 Å². The molecule has 0 saturated carbocycles. The van der Waals surface area contributed by atoms with E-state index in [0.29, 0.717) is 49.1 Å². The average molecular weight is 463 g/mol. The van der Waals surface area contributed by atoms with Gasteiger partial charge in [0.1, 0.15) is 6.61 Å². The van der Waals surface area contributed by atoms with Crippen molar-refractivity contribution in [1.29, 1.82) is 0 Å². The van der Waals surface area contributed by atoms with Crippen LogP contribution in [0.25, 0.3) is 0 Å². The molecule has 6 heteroatoms. The van der Waals surface area contributed by atoms with Gasteiger partial charge in [0.2, 0.25) is 0 Å². The Labute approximate surface area is 200 Å². The van der Waals surface area contributed by atoms with Crippen molar-refractivity contribution in [2.24, 2.45) is 5.92 Å². The van der Waals surface area contributed by atoms with Crippen LogP contribution in [-0.2, 0) is 22.6 Å². The highest BCUT2D eigenvalue weighted by Crippen LogP contribution is 2.37. The monoisotopic (exact) mass is 462 g/mol. The molecule has 0 spiro atoms. The number of hydrogen-bond donors (Lipinski definition) is 0. The molecule has 3 aromatic carbocycles. The predicted molar refractivity (Wildman–Crippen MR) is 129 cm³/mol. The van der Waals surface area contributed by atoms with Crippen molar-refractivity contribution in [3.05, 3.63) is 83.4 Å². The molecular formula is C28H30O6. The molecule has 2 atom stereocenters. The maximum absolute atomic E-state index is 12.6. The molecule has 0 amide bonds. The lowest BCUT2D eigenvalue weighted by atomic mass is 9.84. The standard InChI is InChI=1S/C28H30O6/c1-30-24-12-10-21(16-27(24)32-3)23-15-22(28(29)34-18-23)13-20-9-11-25(26(14-20)31-2)33-17-19-7-5-4-6-8-19/h4-12,14,16,22-23H,13,15,17-18H2,1-3H3/t22-,23+/m0/s1. The molecule has 0 unspecified atom stereocenters. The zero-order valence-electron chi connectivity index (χ0n) is 19.8. The van der Waals surface area contributed by atoms with Crippen LogP contribution in [0.5, 0.6) is 23.0 Å². The molecule has 3 aromatic rings. The van der Waals surface area contributed by atoms with E-state index in [0.717, 1.165) is 16.7 Å². The molecule has 0 aromatic heterocycles. The maximum Gasteiger partial charge on any atom is 0.309 e. The zero-order valence-corrected chi connectivity index (χ0v) is 19.8. The molecule has 4 rings (SSSR count). The van der Waals surface area contributed by atoms with E-state index in [4.69, 9.17) is 23.7 Å². The quantitative estimate of drug-likeness (QED) is 0.408. The number of cyclic esters (lactones) is 1. The van der Waals surface area contributed by atoms with Gasteiger partial charge in [-0.2, -0.15) is 0 Å². The highest BCUT2D eigenvalue weighted by atomic mass is 16.5. The van der Waals surface area contributed by atoms with E-state index >= 15 is 0 Å². The minimum absolute atomic E-state index is 0.0953. The summed E-state index contributed by atoms with van der Waals surface area (Å²) in [6, 6.07) is 21.7. The molecule has 1 heterocycles. The topological polar surface area (TPSA) is 63.2 Å². The Bertz CT molecular complexity index is 1110. The van der Waals surface area contributed by atoms with Gasteiger partial charge in [0.15, 0.2) is 23.0 Å². The summed E-state index contributed by atoms with van der Waals surface area (Å²) in [5.41, 5.74) is 3.15. The van der Waals surface area contributed by atoms with E-state index in [2.05, 4.69) is 0 Å². The van der Waals surface area contributed by atoms with Crippen molar-refractivity contribution in [3.63, 3.8) is 0 Å². The van der Waals surface area contributed by atoms with Gasteiger partial charge in [-0.25, -0.2) is 0 Å². The second-order valence-corrected chi connectivity index (χ2v) is 8.34. The number of hydrogen-bond acceptors (Lipinski definition) is 6. The number of carbonyl (C=O) groups is 1. The summed E-state index contributed by atoms with van der Waals surface area (Å²) in [6.07, 6.45) is 1.26. The first-order valence-electron chi connectivity index (χ1n) is 11.3. The number of benzene rings is 3. The summed E-state index contributed by atoms with van der Waals surface area (Å²) in [5, 5.41) is 0.